The highest BCUT2D eigenvalue weighted by atomic mass is 16.5. The quantitative estimate of drug-likeness (QED) is 0.759. The van der Waals surface area contributed by atoms with Gasteiger partial charge in [0.15, 0.2) is 0 Å². The van der Waals surface area contributed by atoms with Crippen molar-refractivity contribution in [2.75, 3.05) is 13.7 Å². The molecule has 0 saturated carbocycles. The number of hydrogen-bond acceptors (Lipinski definition) is 4. The zero-order valence-electron chi connectivity index (χ0n) is 10.2. The van der Waals surface area contributed by atoms with Gasteiger partial charge in [-0.3, -0.25) is 0 Å². The molecule has 2 atom stereocenters. The number of benzene rings is 2. The lowest BCUT2D eigenvalue weighted by molar-refractivity contribution is 0.0244. The standard InChI is InChI=1S/C14H17NO3/c1-18-12-5-4-9-6-11(3-2-10(9)7-12)14(17)13(16)8-15/h2-7,13-14,16-17H,8,15H2,1H3. The highest BCUT2D eigenvalue weighted by Crippen LogP contribution is 2.25. The third kappa shape index (κ3) is 2.46. The highest BCUT2D eigenvalue weighted by molar-refractivity contribution is 5.84. The van der Waals surface area contributed by atoms with Gasteiger partial charge in [0.05, 0.1) is 13.2 Å². The monoisotopic (exact) mass is 247 g/mol. The van der Waals surface area contributed by atoms with Gasteiger partial charge in [-0.15, -0.1) is 0 Å². The first-order valence-electron chi connectivity index (χ1n) is 5.79. The molecular weight excluding hydrogens is 230 g/mol. The molecule has 4 heteroatoms. The fourth-order valence-corrected chi connectivity index (χ4v) is 1.90. The third-order valence-electron chi connectivity index (χ3n) is 3.02. The Kier molecular flexibility index (Phi) is 3.81. The molecule has 0 fully saturated rings. The van der Waals surface area contributed by atoms with Gasteiger partial charge in [0.1, 0.15) is 11.9 Å². The van der Waals surface area contributed by atoms with Crippen LogP contribution in [0.25, 0.3) is 10.8 Å². The molecule has 2 aromatic rings. The molecule has 0 radical (unpaired) electrons. The van der Waals surface area contributed by atoms with E-state index in [1.807, 2.05) is 30.3 Å². The van der Waals surface area contributed by atoms with Crippen LogP contribution in [0.15, 0.2) is 36.4 Å². The second kappa shape index (κ2) is 5.35. The Morgan fingerprint density at radius 3 is 2.44 bits per heavy atom. The van der Waals surface area contributed by atoms with Crippen LogP contribution in [0, 0.1) is 0 Å². The highest BCUT2D eigenvalue weighted by Gasteiger charge is 2.16. The van der Waals surface area contributed by atoms with Gasteiger partial charge in [-0.25, -0.2) is 0 Å². The summed E-state index contributed by atoms with van der Waals surface area (Å²) in [6.45, 7) is 0.0296. The van der Waals surface area contributed by atoms with E-state index in [9.17, 15) is 10.2 Å². The minimum atomic E-state index is -0.957. The SMILES string of the molecule is COc1ccc2cc(C(O)C(O)CN)ccc2c1. The summed E-state index contributed by atoms with van der Waals surface area (Å²) in [5.74, 6) is 0.790. The van der Waals surface area contributed by atoms with Crippen molar-refractivity contribution >= 4 is 10.8 Å². The molecule has 0 aliphatic rings. The molecule has 2 unspecified atom stereocenters. The van der Waals surface area contributed by atoms with Crippen molar-refractivity contribution in [2.24, 2.45) is 5.73 Å². The van der Waals surface area contributed by atoms with Crippen molar-refractivity contribution in [1.29, 1.82) is 0 Å². The van der Waals surface area contributed by atoms with Crippen LogP contribution in [0.3, 0.4) is 0 Å². The lowest BCUT2D eigenvalue weighted by Crippen LogP contribution is -2.27. The van der Waals surface area contributed by atoms with Crippen LogP contribution in [0.2, 0.25) is 0 Å². The van der Waals surface area contributed by atoms with E-state index >= 15 is 0 Å². The Morgan fingerprint density at radius 2 is 1.78 bits per heavy atom. The summed E-state index contributed by atoms with van der Waals surface area (Å²) < 4.78 is 5.15. The van der Waals surface area contributed by atoms with E-state index in [1.54, 1.807) is 13.2 Å². The van der Waals surface area contributed by atoms with Crippen molar-refractivity contribution in [3.63, 3.8) is 0 Å². The minimum Gasteiger partial charge on any atom is -0.497 e. The number of hydrogen-bond donors (Lipinski definition) is 3. The van der Waals surface area contributed by atoms with Crippen LogP contribution < -0.4 is 10.5 Å². The lowest BCUT2D eigenvalue weighted by Gasteiger charge is -2.16. The van der Waals surface area contributed by atoms with Gasteiger partial charge in [-0.05, 0) is 34.5 Å². The summed E-state index contributed by atoms with van der Waals surface area (Å²) in [7, 11) is 1.62. The molecule has 0 aliphatic carbocycles. The fourth-order valence-electron chi connectivity index (χ4n) is 1.90. The lowest BCUT2D eigenvalue weighted by atomic mass is 10.0. The average molecular weight is 247 g/mol. The fraction of sp³-hybridized carbons (Fsp3) is 0.286. The molecule has 0 aromatic heterocycles. The summed E-state index contributed by atoms with van der Waals surface area (Å²) >= 11 is 0. The predicted molar refractivity (Wildman–Crippen MR) is 70.5 cm³/mol. The maximum Gasteiger partial charge on any atom is 0.119 e. The smallest absolute Gasteiger partial charge is 0.119 e. The van der Waals surface area contributed by atoms with Gasteiger partial charge < -0.3 is 20.7 Å². The number of aliphatic hydroxyl groups excluding tert-OH is 2. The Hall–Kier alpha value is -1.62. The van der Waals surface area contributed by atoms with Crippen molar-refractivity contribution < 1.29 is 14.9 Å². The number of ether oxygens (including phenoxy) is 1. The van der Waals surface area contributed by atoms with Crippen LogP contribution in [-0.4, -0.2) is 30.0 Å². The number of fused-ring (bicyclic) bond motifs is 1. The Bertz CT molecular complexity index is 542. The first-order valence-corrected chi connectivity index (χ1v) is 5.79. The number of aliphatic hydroxyl groups is 2. The van der Waals surface area contributed by atoms with Gasteiger partial charge in [0.2, 0.25) is 0 Å². The molecule has 2 rings (SSSR count). The van der Waals surface area contributed by atoms with E-state index in [2.05, 4.69) is 0 Å². The molecule has 0 amide bonds. The zero-order valence-corrected chi connectivity index (χ0v) is 10.2. The van der Waals surface area contributed by atoms with Gasteiger partial charge in [0.25, 0.3) is 0 Å². The Balaban J connectivity index is 2.38. The van der Waals surface area contributed by atoms with E-state index in [1.165, 1.54) is 0 Å². The molecule has 4 nitrogen and oxygen atoms in total. The first-order chi connectivity index (χ1) is 8.65. The Labute approximate surface area is 106 Å². The Morgan fingerprint density at radius 1 is 1.11 bits per heavy atom. The minimum absolute atomic E-state index is 0.0296. The van der Waals surface area contributed by atoms with Crippen LogP contribution in [0.1, 0.15) is 11.7 Å². The topological polar surface area (TPSA) is 75.7 Å². The first kappa shape index (κ1) is 12.8. The number of nitrogens with two attached hydrogens (primary N) is 1. The van der Waals surface area contributed by atoms with Crippen molar-refractivity contribution in [3.05, 3.63) is 42.0 Å². The molecule has 0 bridgehead atoms. The van der Waals surface area contributed by atoms with Crippen LogP contribution in [0.5, 0.6) is 5.75 Å². The number of methoxy groups -OCH3 is 1. The third-order valence-corrected chi connectivity index (χ3v) is 3.02. The molecule has 2 aromatic carbocycles. The normalized spacial score (nSPS) is 14.4. The van der Waals surface area contributed by atoms with E-state index in [0.717, 1.165) is 16.5 Å². The predicted octanol–water partition coefficient (Wildman–Crippen LogP) is 1.20. The molecule has 0 heterocycles. The molecule has 4 N–H and O–H groups in total. The second-order valence-corrected chi connectivity index (χ2v) is 4.22. The summed E-state index contributed by atoms with van der Waals surface area (Å²) in [6.07, 6.45) is -1.90. The van der Waals surface area contributed by atoms with E-state index in [4.69, 9.17) is 10.5 Å². The molecular formula is C14H17NO3. The van der Waals surface area contributed by atoms with Gasteiger partial charge in [-0.2, -0.15) is 0 Å². The van der Waals surface area contributed by atoms with E-state index < -0.39 is 12.2 Å². The molecule has 18 heavy (non-hydrogen) atoms. The summed E-state index contributed by atoms with van der Waals surface area (Å²) in [4.78, 5) is 0. The molecule has 0 spiro atoms. The second-order valence-electron chi connectivity index (χ2n) is 4.22. The van der Waals surface area contributed by atoms with Crippen molar-refractivity contribution in [1.82, 2.24) is 0 Å². The average Bonchev–Trinajstić information content (AvgIpc) is 2.44. The summed E-state index contributed by atoms with van der Waals surface area (Å²) in [5.41, 5.74) is 5.99. The van der Waals surface area contributed by atoms with Crippen molar-refractivity contribution in [3.8, 4) is 5.75 Å². The molecule has 0 aliphatic heterocycles. The molecule has 96 valence electrons. The van der Waals surface area contributed by atoms with Gasteiger partial charge in [0, 0.05) is 6.54 Å². The van der Waals surface area contributed by atoms with E-state index in [-0.39, 0.29) is 6.54 Å². The van der Waals surface area contributed by atoms with Gasteiger partial charge in [-0.1, -0.05) is 18.2 Å². The zero-order chi connectivity index (χ0) is 13.1. The maximum absolute atomic E-state index is 9.89. The maximum atomic E-state index is 9.89. The summed E-state index contributed by atoms with van der Waals surface area (Å²) in [6, 6.07) is 11.2. The van der Waals surface area contributed by atoms with Crippen LogP contribution >= 0.6 is 0 Å². The largest absolute Gasteiger partial charge is 0.497 e. The van der Waals surface area contributed by atoms with Crippen LogP contribution in [0.4, 0.5) is 0 Å². The van der Waals surface area contributed by atoms with Gasteiger partial charge >= 0.3 is 0 Å². The molecule has 0 saturated heterocycles. The van der Waals surface area contributed by atoms with E-state index in [0.29, 0.717) is 5.56 Å². The number of rotatable bonds is 4. The van der Waals surface area contributed by atoms with Crippen molar-refractivity contribution in [2.45, 2.75) is 12.2 Å². The van der Waals surface area contributed by atoms with Crippen LogP contribution in [-0.2, 0) is 0 Å². The summed E-state index contributed by atoms with van der Waals surface area (Å²) in [5, 5.41) is 21.4.